The fourth-order valence-electron chi connectivity index (χ4n) is 1.63. The normalized spacial score (nSPS) is 10.2. The summed E-state index contributed by atoms with van der Waals surface area (Å²) in [5.74, 6) is 0.322. The average Bonchev–Trinajstić information content (AvgIpc) is 2.36. The van der Waals surface area contributed by atoms with Crippen molar-refractivity contribution in [3.8, 4) is 17.1 Å². The van der Waals surface area contributed by atoms with Gasteiger partial charge in [-0.1, -0.05) is 23.2 Å². The third-order valence-corrected chi connectivity index (χ3v) is 2.83. The predicted molar refractivity (Wildman–Crippen MR) is 78.3 cm³/mol. The Labute approximate surface area is 125 Å². The maximum atomic E-state index is 11.3. The van der Waals surface area contributed by atoms with Crippen LogP contribution in [0.25, 0.3) is 11.3 Å². The van der Waals surface area contributed by atoms with Crippen molar-refractivity contribution in [3.05, 3.63) is 34.4 Å². The molecule has 5 nitrogen and oxygen atoms in total. The van der Waals surface area contributed by atoms with Gasteiger partial charge >= 0.3 is 0 Å². The van der Waals surface area contributed by atoms with Gasteiger partial charge in [-0.05, 0) is 18.2 Å². The smallest absolute Gasteiger partial charge is 0.234 e. The first kappa shape index (κ1) is 14.6. The first-order chi connectivity index (χ1) is 9.49. The number of carbonyl (C=O) groups is 1. The third-order valence-electron chi connectivity index (χ3n) is 2.39. The summed E-state index contributed by atoms with van der Waals surface area (Å²) in [5, 5.41) is 3.55. The molecule has 2 rings (SSSR count). The van der Waals surface area contributed by atoms with E-state index in [9.17, 15) is 4.79 Å². The zero-order valence-corrected chi connectivity index (χ0v) is 12.3. The number of aromatic nitrogens is 2. The topological polar surface area (TPSA) is 64.1 Å². The average molecular weight is 312 g/mol. The minimum Gasteiger partial charge on any atom is -0.480 e. The van der Waals surface area contributed by atoms with Crippen LogP contribution in [0.1, 0.15) is 6.92 Å². The Morgan fingerprint density at radius 3 is 2.45 bits per heavy atom. The zero-order chi connectivity index (χ0) is 14.7. The van der Waals surface area contributed by atoms with Crippen LogP contribution in [-0.4, -0.2) is 23.0 Å². The molecular formula is C13H11Cl2N3O2. The molecule has 0 saturated carbocycles. The van der Waals surface area contributed by atoms with Gasteiger partial charge in [0.1, 0.15) is 5.69 Å². The SMILES string of the molecule is COc1cnc(-c2cc(Cl)cc(Cl)c2)c(NC(C)=O)n1. The van der Waals surface area contributed by atoms with Crippen molar-refractivity contribution in [1.82, 2.24) is 9.97 Å². The number of ether oxygens (including phenoxy) is 1. The van der Waals surface area contributed by atoms with Crippen molar-refractivity contribution in [2.24, 2.45) is 0 Å². The fourth-order valence-corrected chi connectivity index (χ4v) is 2.15. The Hall–Kier alpha value is -1.85. The van der Waals surface area contributed by atoms with Crippen LogP contribution in [0.15, 0.2) is 24.4 Å². The van der Waals surface area contributed by atoms with Crippen LogP contribution in [0.2, 0.25) is 10.0 Å². The van der Waals surface area contributed by atoms with Gasteiger partial charge in [-0.15, -0.1) is 0 Å². The maximum Gasteiger partial charge on any atom is 0.234 e. The number of benzene rings is 1. The first-order valence-corrected chi connectivity index (χ1v) is 6.40. The summed E-state index contributed by atoms with van der Waals surface area (Å²) in [5.41, 5.74) is 1.12. The molecule has 1 aromatic heterocycles. The summed E-state index contributed by atoms with van der Waals surface area (Å²) in [6, 6.07) is 4.99. The molecule has 7 heteroatoms. The highest BCUT2D eigenvalue weighted by atomic mass is 35.5. The van der Waals surface area contributed by atoms with E-state index in [4.69, 9.17) is 27.9 Å². The molecule has 2 aromatic rings. The Morgan fingerprint density at radius 1 is 1.25 bits per heavy atom. The Kier molecular flexibility index (Phi) is 4.42. The lowest BCUT2D eigenvalue weighted by Crippen LogP contribution is -2.10. The number of nitrogens with one attached hydrogen (secondary N) is 1. The molecule has 0 aliphatic heterocycles. The molecule has 1 amide bonds. The van der Waals surface area contributed by atoms with Gasteiger partial charge in [0.05, 0.1) is 13.3 Å². The summed E-state index contributed by atoms with van der Waals surface area (Å²) in [4.78, 5) is 19.7. The molecule has 20 heavy (non-hydrogen) atoms. The van der Waals surface area contributed by atoms with Gasteiger partial charge in [-0.3, -0.25) is 4.79 Å². The Bertz CT molecular complexity index is 642. The number of halogens is 2. The molecule has 0 unspecified atom stereocenters. The van der Waals surface area contributed by atoms with Crippen LogP contribution < -0.4 is 10.1 Å². The number of rotatable bonds is 3. The van der Waals surface area contributed by atoms with Crippen LogP contribution in [0.3, 0.4) is 0 Å². The molecule has 1 aromatic carbocycles. The van der Waals surface area contributed by atoms with Gasteiger partial charge in [0.25, 0.3) is 0 Å². The second-order valence-electron chi connectivity index (χ2n) is 3.95. The quantitative estimate of drug-likeness (QED) is 0.943. The lowest BCUT2D eigenvalue weighted by atomic mass is 10.1. The van der Waals surface area contributed by atoms with Crippen LogP contribution in [0, 0.1) is 0 Å². The van der Waals surface area contributed by atoms with Crippen molar-refractivity contribution in [2.45, 2.75) is 6.92 Å². The highest BCUT2D eigenvalue weighted by Crippen LogP contribution is 2.30. The minimum absolute atomic E-state index is 0.262. The van der Waals surface area contributed by atoms with E-state index in [1.165, 1.54) is 20.2 Å². The molecule has 1 heterocycles. The maximum absolute atomic E-state index is 11.3. The Balaban J connectivity index is 2.56. The molecular weight excluding hydrogens is 301 g/mol. The molecule has 0 spiro atoms. The highest BCUT2D eigenvalue weighted by Gasteiger charge is 2.13. The van der Waals surface area contributed by atoms with Crippen LogP contribution in [-0.2, 0) is 4.79 Å². The molecule has 0 aliphatic rings. The van der Waals surface area contributed by atoms with Gasteiger partial charge in [0.15, 0.2) is 5.82 Å². The molecule has 0 fully saturated rings. The van der Waals surface area contributed by atoms with E-state index in [2.05, 4.69) is 15.3 Å². The van der Waals surface area contributed by atoms with E-state index in [0.29, 0.717) is 27.2 Å². The molecule has 0 aliphatic carbocycles. The van der Waals surface area contributed by atoms with E-state index in [0.717, 1.165) is 0 Å². The van der Waals surface area contributed by atoms with E-state index in [1.54, 1.807) is 18.2 Å². The monoisotopic (exact) mass is 311 g/mol. The van der Waals surface area contributed by atoms with Gasteiger partial charge < -0.3 is 10.1 Å². The molecule has 0 saturated heterocycles. The minimum atomic E-state index is -0.262. The lowest BCUT2D eigenvalue weighted by molar-refractivity contribution is -0.114. The number of anilines is 1. The highest BCUT2D eigenvalue weighted by molar-refractivity contribution is 6.35. The molecule has 1 N–H and O–H groups in total. The zero-order valence-electron chi connectivity index (χ0n) is 10.8. The number of carbonyl (C=O) groups excluding carboxylic acids is 1. The largest absolute Gasteiger partial charge is 0.480 e. The van der Waals surface area contributed by atoms with E-state index >= 15 is 0 Å². The van der Waals surface area contributed by atoms with Crippen LogP contribution in [0.5, 0.6) is 5.88 Å². The van der Waals surface area contributed by atoms with Gasteiger partial charge in [0, 0.05) is 22.5 Å². The number of nitrogens with zero attached hydrogens (tertiary/aromatic N) is 2. The van der Waals surface area contributed by atoms with Crippen molar-refractivity contribution < 1.29 is 9.53 Å². The van der Waals surface area contributed by atoms with E-state index < -0.39 is 0 Å². The summed E-state index contributed by atoms with van der Waals surface area (Å²) < 4.78 is 5.00. The molecule has 0 radical (unpaired) electrons. The molecule has 0 bridgehead atoms. The van der Waals surface area contributed by atoms with Crippen LogP contribution >= 0.6 is 23.2 Å². The predicted octanol–water partition coefficient (Wildman–Crippen LogP) is 3.42. The summed E-state index contributed by atoms with van der Waals surface area (Å²) in [6.07, 6.45) is 1.45. The third kappa shape index (κ3) is 3.37. The number of methoxy groups -OCH3 is 1. The molecule has 0 atom stereocenters. The van der Waals surface area contributed by atoms with Crippen molar-refractivity contribution in [2.75, 3.05) is 12.4 Å². The summed E-state index contributed by atoms with van der Waals surface area (Å²) in [6.45, 7) is 1.38. The number of hydrogen-bond acceptors (Lipinski definition) is 4. The second kappa shape index (κ2) is 6.07. The van der Waals surface area contributed by atoms with Gasteiger partial charge in [-0.2, -0.15) is 4.98 Å². The van der Waals surface area contributed by atoms with Crippen molar-refractivity contribution >= 4 is 34.9 Å². The standard InChI is InChI=1S/C13H11Cl2N3O2/c1-7(19)17-13-12(16-6-11(18-13)20-2)8-3-9(14)5-10(15)4-8/h3-6H,1-2H3,(H,17,18,19). The Morgan fingerprint density at radius 2 is 1.90 bits per heavy atom. The molecule has 104 valence electrons. The fraction of sp³-hybridized carbons (Fsp3) is 0.154. The number of hydrogen-bond donors (Lipinski definition) is 1. The number of amides is 1. The summed E-state index contributed by atoms with van der Waals surface area (Å²) >= 11 is 11.9. The lowest BCUT2D eigenvalue weighted by Gasteiger charge is -2.10. The second-order valence-corrected chi connectivity index (χ2v) is 4.82. The summed E-state index contributed by atoms with van der Waals surface area (Å²) in [7, 11) is 1.47. The van der Waals surface area contributed by atoms with Crippen LogP contribution in [0.4, 0.5) is 5.82 Å². The first-order valence-electron chi connectivity index (χ1n) is 5.64. The van der Waals surface area contributed by atoms with Crippen molar-refractivity contribution in [3.63, 3.8) is 0 Å². The van der Waals surface area contributed by atoms with E-state index in [1.807, 2.05) is 0 Å². The van der Waals surface area contributed by atoms with E-state index in [-0.39, 0.29) is 11.7 Å². The van der Waals surface area contributed by atoms with Gasteiger partial charge in [0.2, 0.25) is 11.8 Å². The van der Waals surface area contributed by atoms with Crippen molar-refractivity contribution in [1.29, 1.82) is 0 Å². The van der Waals surface area contributed by atoms with Gasteiger partial charge in [-0.25, -0.2) is 4.98 Å².